The molecule has 1 saturated heterocycles. The van der Waals surface area contributed by atoms with Gasteiger partial charge in [0.15, 0.2) is 17.3 Å². The van der Waals surface area contributed by atoms with Crippen molar-refractivity contribution in [2.24, 2.45) is 0 Å². The molecule has 0 saturated carbocycles. The molecule has 0 spiro atoms. The number of carbonyl (C=O) groups is 1. The lowest BCUT2D eigenvalue weighted by Crippen LogP contribution is -2.41. The summed E-state index contributed by atoms with van der Waals surface area (Å²) in [5.74, 6) is 0.379. The molecule has 1 fully saturated rings. The van der Waals surface area contributed by atoms with E-state index < -0.39 is 17.1 Å². The number of hydrogen-bond acceptors (Lipinski definition) is 8. The van der Waals surface area contributed by atoms with E-state index in [1.54, 1.807) is 24.0 Å². The highest BCUT2D eigenvalue weighted by Gasteiger charge is 2.31. The molecule has 9 heteroatoms. The zero-order chi connectivity index (χ0) is 22.0. The summed E-state index contributed by atoms with van der Waals surface area (Å²) in [4.78, 5) is 27.0. The number of methoxy groups -OCH3 is 1. The SMILES string of the molecule is COc1cc([C@@H](CC(=O)N2CCOCC2)c2oc(C)cc(=O)c2O)cc2c1OCCO2. The van der Waals surface area contributed by atoms with E-state index in [4.69, 9.17) is 23.4 Å². The first-order valence-corrected chi connectivity index (χ1v) is 10.1. The summed E-state index contributed by atoms with van der Waals surface area (Å²) < 4.78 is 27.9. The molecule has 1 N–H and O–H groups in total. The Morgan fingerprint density at radius 2 is 1.90 bits per heavy atom. The number of aryl methyl sites for hydroxylation is 1. The zero-order valence-corrected chi connectivity index (χ0v) is 17.5. The molecule has 0 radical (unpaired) electrons. The molecule has 2 aliphatic rings. The van der Waals surface area contributed by atoms with Crippen LogP contribution in [-0.2, 0) is 9.53 Å². The predicted molar refractivity (Wildman–Crippen MR) is 109 cm³/mol. The fourth-order valence-electron chi connectivity index (χ4n) is 3.83. The molecule has 4 rings (SSSR count). The van der Waals surface area contributed by atoms with Gasteiger partial charge >= 0.3 is 0 Å². The number of fused-ring (bicyclic) bond motifs is 1. The van der Waals surface area contributed by atoms with Crippen LogP contribution in [0.5, 0.6) is 23.0 Å². The molecule has 3 heterocycles. The van der Waals surface area contributed by atoms with Gasteiger partial charge in [0, 0.05) is 25.6 Å². The Balaban J connectivity index is 1.79. The average Bonchev–Trinajstić information content (AvgIpc) is 2.79. The van der Waals surface area contributed by atoms with Crippen molar-refractivity contribution in [3.8, 4) is 23.0 Å². The van der Waals surface area contributed by atoms with Gasteiger partial charge in [0.1, 0.15) is 19.0 Å². The van der Waals surface area contributed by atoms with Crippen LogP contribution in [0.1, 0.15) is 29.4 Å². The van der Waals surface area contributed by atoms with Crippen LogP contribution < -0.4 is 19.6 Å². The fourth-order valence-corrected chi connectivity index (χ4v) is 3.83. The molecular weight excluding hydrogens is 406 g/mol. The van der Waals surface area contributed by atoms with Crippen molar-refractivity contribution < 1.29 is 33.3 Å². The molecule has 1 atom stereocenters. The Hall–Kier alpha value is -3.20. The van der Waals surface area contributed by atoms with Gasteiger partial charge in [0.2, 0.25) is 22.8 Å². The number of benzene rings is 1. The van der Waals surface area contributed by atoms with Gasteiger partial charge in [-0.05, 0) is 24.6 Å². The van der Waals surface area contributed by atoms with E-state index in [2.05, 4.69) is 0 Å². The van der Waals surface area contributed by atoms with Crippen LogP contribution in [-0.4, -0.2) is 62.5 Å². The minimum Gasteiger partial charge on any atom is -0.502 e. The third-order valence-corrected chi connectivity index (χ3v) is 5.38. The van der Waals surface area contributed by atoms with Crippen LogP contribution in [0.2, 0.25) is 0 Å². The number of amides is 1. The van der Waals surface area contributed by atoms with Gasteiger partial charge < -0.3 is 33.4 Å². The molecule has 0 bridgehead atoms. The Morgan fingerprint density at radius 1 is 1.16 bits per heavy atom. The summed E-state index contributed by atoms with van der Waals surface area (Å²) in [6.45, 7) is 4.31. The van der Waals surface area contributed by atoms with Gasteiger partial charge in [-0.3, -0.25) is 9.59 Å². The quantitative estimate of drug-likeness (QED) is 0.764. The first-order chi connectivity index (χ1) is 15.0. The van der Waals surface area contributed by atoms with Gasteiger partial charge in [-0.15, -0.1) is 0 Å². The molecule has 9 nitrogen and oxygen atoms in total. The van der Waals surface area contributed by atoms with Crippen LogP contribution in [0, 0.1) is 6.92 Å². The van der Waals surface area contributed by atoms with E-state index in [1.807, 2.05) is 0 Å². The molecule has 2 aromatic rings. The number of rotatable bonds is 5. The molecule has 1 aromatic carbocycles. The van der Waals surface area contributed by atoms with Crippen LogP contribution in [0.25, 0.3) is 0 Å². The van der Waals surface area contributed by atoms with Crippen molar-refractivity contribution in [2.45, 2.75) is 19.3 Å². The van der Waals surface area contributed by atoms with Gasteiger partial charge in [-0.2, -0.15) is 0 Å². The highest BCUT2D eigenvalue weighted by Crippen LogP contribution is 2.44. The van der Waals surface area contributed by atoms with Crippen molar-refractivity contribution in [2.75, 3.05) is 46.6 Å². The fraction of sp³-hybridized carbons (Fsp3) is 0.455. The second kappa shape index (κ2) is 8.89. The average molecular weight is 431 g/mol. The molecule has 31 heavy (non-hydrogen) atoms. The van der Waals surface area contributed by atoms with E-state index in [1.165, 1.54) is 13.2 Å². The normalized spacial score (nSPS) is 16.6. The smallest absolute Gasteiger partial charge is 0.227 e. The van der Waals surface area contributed by atoms with Crippen molar-refractivity contribution in [3.63, 3.8) is 0 Å². The summed E-state index contributed by atoms with van der Waals surface area (Å²) >= 11 is 0. The number of ether oxygens (including phenoxy) is 4. The molecule has 0 aliphatic carbocycles. The van der Waals surface area contributed by atoms with Crippen LogP contribution >= 0.6 is 0 Å². The summed E-state index contributed by atoms with van der Waals surface area (Å²) in [6.07, 6.45) is -0.0112. The van der Waals surface area contributed by atoms with Gasteiger partial charge in [0.25, 0.3) is 0 Å². The summed E-state index contributed by atoms with van der Waals surface area (Å²) in [6, 6.07) is 4.66. The second-order valence-electron chi connectivity index (χ2n) is 7.43. The van der Waals surface area contributed by atoms with Crippen LogP contribution in [0.3, 0.4) is 0 Å². The zero-order valence-electron chi connectivity index (χ0n) is 17.5. The summed E-state index contributed by atoms with van der Waals surface area (Å²) in [5, 5.41) is 10.5. The standard InChI is InChI=1S/C22H25NO8/c1-13-9-16(24)20(26)21(31-13)15(12-19(25)23-3-5-28-6-4-23)14-10-17(27-2)22-18(11-14)29-7-8-30-22/h9-11,15,26H,3-8,12H2,1-2H3/t15-/m1/s1. The molecule has 1 aromatic heterocycles. The molecule has 166 valence electrons. The lowest BCUT2D eigenvalue weighted by molar-refractivity contribution is -0.135. The van der Waals surface area contributed by atoms with Crippen molar-refractivity contribution in [1.82, 2.24) is 4.90 Å². The third kappa shape index (κ3) is 4.32. The topological polar surface area (TPSA) is 108 Å². The van der Waals surface area contributed by atoms with Crippen LogP contribution in [0.4, 0.5) is 0 Å². The van der Waals surface area contributed by atoms with Crippen molar-refractivity contribution in [1.29, 1.82) is 0 Å². The molecular formula is C22H25NO8. The maximum absolute atomic E-state index is 13.1. The van der Waals surface area contributed by atoms with Gasteiger partial charge in [-0.1, -0.05) is 0 Å². The van der Waals surface area contributed by atoms with E-state index >= 15 is 0 Å². The highest BCUT2D eigenvalue weighted by atomic mass is 16.6. The Kier molecular flexibility index (Phi) is 6.03. The van der Waals surface area contributed by atoms with Gasteiger partial charge in [0.05, 0.1) is 26.2 Å². The first-order valence-electron chi connectivity index (χ1n) is 10.1. The van der Waals surface area contributed by atoms with Crippen molar-refractivity contribution >= 4 is 5.91 Å². The van der Waals surface area contributed by atoms with E-state index in [0.717, 1.165) is 0 Å². The number of aromatic hydroxyl groups is 1. The lowest BCUT2D eigenvalue weighted by atomic mass is 9.90. The van der Waals surface area contributed by atoms with Crippen molar-refractivity contribution in [3.05, 3.63) is 45.5 Å². The maximum Gasteiger partial charge on any atom is 0.227 e. The molecule has 2 aliphatic heterocycles. The Bertz CT molecular complexity index is 1010. The van der Waals surface area contributed by atoms with E-state index in [0.29, 0.717) is 68.1 Å². The second-order valence-corrected chi connectivity index (χ2v) is 7.43. The number of carbonyl (C=O) groups excluding carboxylic acids is 1. The summed E-state index contributed by atoms with van der Waals surface area (Å²) in [5.41, 5.74) is 0.0406. The number of nitrogens with zero attached hydrogens (tertiary/aromatic N) is 1. The Morgan fingerprint density at radius 3 is 2.65 bits per heavy atom. The van der Waals surface area contributed by atoms with Crippen LogP contribution in [0.15, 0.2) is 27.4 Å². The lowest BCUT2D eigenvalue weighted by Gasteiger charge is -2.29. The number of morpholine rings is 1. The predicted octanol–water partition coefficient (Wildman–Crippen LogP) is 1.81. The highest BCUT2D eigenvalue weighted by molar-refractivity contribution is 5.78. The van der Waals surface area contributed by atoms with Gasteiger partial charge in [-0.25, -0.2) is 0 Å². The molecule has 1 amide bonds. The monoisotopic (exact) mass is 431 g/mol. The minimum atomic E-state index is -0.729. The number of hydrogen-bond donors (Lipinski definition) is 1. The van der Waals surface area contributed by atoms with E-state index in [9.17, 15) is 14.7 Å². The van der Waals surface area contributed by atoms with E-state index in [-0.39, 0.29) is 18.1 Å². The third-order valence-electron chi connectivity index (χ3n) is 5.38. The minimum absolute atomic E-state index is 0.0112. The largest absolute Gasteiger partial charge is 0.502 e. The summed E-state index contributed by atoms with van der Waals surface area (Å²) in [7, 11) is 1.51. The molecule has 0 unspecified atom stereocenters. The first kappa shape index (κ1) is 21.0. The maximum atomic E-state index is 13.1. The Labute approximate surface area is 179 Å².